The number of halogens is 7. The second kappa shape index (κ2) is 12.3. The molecule has 2 aromatic rings. The number of morpholine rings is 1. The van der Waals surface area contributed by atoms with Gasteiger partial charge in [0.2, 0.25) is 0 Å². The van der Waals surface area contributed by atoms with Gasteiger partial charge in [-0.05, 0) is 48.4 Å². The van der Waals surface area contributed by atoms with Crippen LogP contribution < -0.4 is 5.32 Å². The molecule has 2 N–H and O–H groups in total. The van der Waals surface area contributed by atoms with Crippen molar-refractivity contribution in [3.8, 4) is 0 Å². The van der Waals surface area contributed by atoms with Crippen LogP contribution in [0.15, 0.2) is 42.5 Å². The van der Waals surface area contributed by atoms with Gasteiger partial charge in [-0.1, -0.05) is 12.1 Å². The van der Waals surface area contributed by atoms with Crippen molar-refractivity contribution in [2.24, 2.45) is 0 Å². The Kier molecular flexibility index (Phi) is 9.56. The summed E-state index contributed by atoms with van der Waals surface area (Å²) in [4.78, 5) is 13.1. The van der Waals surface area contributed by atoms with Crippen molar-refractivity contribution in [3.05, 3.63) is 70.5 Å². The van der Waals surface area contributed by atoms with Crippen molar-refractivity contribution in [1.29, 1.82) is 5.41 Å². The van der Waals surface area contributed by atoms with Gasteiger partial charge in [-0.2, -0.15) is 26.3 Å². The summed E-state index contributed by atoms with van der Waals surface area (Å²) in [5.74, 6) is -0.536. The first-order valence-electron chi connectivity index (χ1n) is 11.6. The zero-order chi connectivity index (χ0) is 29.0. The number of nitrogens with zero attached hydrogens (tertiary/aromatic N) is 1. The van der Waals surface area contributed by atoms with Gasteiger partial charge in [0.25, 0.3) is 0 Å². The van der Waals surface area contributed by atoms with Crippen LogP contribution >= 0.6 is 0 Å². The Labute approximate surface area is 219 Å². The van der Waals surface area contributed by atoms with E-state index in [0.717, 1.165) is 7.11 Å². The molecule has 39 heavy (non-hydrogen) atoms. The maximum absolute atomic E-state index is 13.6. The average Bonchev–Trinajstić information content (AvgIpc) is 2.87. The number of ether oxygens (including phenoxy) is 3. The Morgan fingerprint density at radius 1 is 1.10 bits per heavy atom. The number of hydrogen-bond acceptors (Lipinski definition) is 6. The van der Waals surface area contributed by atoms with E-state index in [1.54, 1.807) is 4.90 Å². The third kappa shape index (κ3) is 8.13. The Balaban J connectivity index is 1.90. The van der Waals surface area contributed by atoms with Crippen LogP contribution in [0.1, 0.15) is 41.3 Å². The fourth-order valence-corrected chi connectivity index (χ4v) is 4.05. The lowest BCUT2D eigenvalue weighted by Crippen LogP contribution is -2.49. The highest BCUT2D eigenvalue weighted by atomic mass is 19.4. The highest BCUT2D eigenvalue weighted by Crippen LogP contribution is 2.39. The molecule has 0 aliphatic carbocycles. The summed E-state index contributed by atoms with van der Waals surface area (Å²) >= 11 is 0. The molecule has 2 aromatic carbocycles. The molecule has 1 heterocycles. The first-order chi connectivity index (χ1) is 18.2. The number of amides is 1. The van der Waals surface area contributed by atoms with Gasteiger partial charge in [-0.15, -0.1) is 0 Å². The predicted molar refractivity (Wildman–Crippen MR) is 125 cm³/mol. The molecular weight excluding hydrogens is 539 g/mol. The Bertz CT molecular complexity index is 1120. The van der Waals surface area contributed by atoms with E-state index < -0.39 is 53.8 Å². The molecule has 1 amide bonds. The lowest BCUT2D eigenvalue weighted by atomic mass is 10.0. The molecule has 14 heteroatoms. The van der Waals surface area contributed by atoms with Crippen LogP contribution in [0, 0.1) is 11.2 Å². The molecule has 3 rings (SSSR count). The van der Waals surface area contributed by atoms with Crippen molar-refractivity contribution in [2.75, 3.05) is 33.4 Å². The third-order valence-electron chi connectivity index (χ3n) is 5.97. The van der Waals surface area contributed by atoms with Crippen molar-refractivity contribution >= 4 is 11.8 Å². The molecular formula is C25H26F7N3O4. The van der Waals surface area contributed by atoms with Gasteiger partial charge in [0.15, 0.2) is 6.29 Å². The molecule has 0 radical (unpaired) electrons. The molecule has 1 fully saturated rings. The number of methoxy groups -OCH3 is 1. The minimum Gasteiger partial charge on any atom is -0.453 e. The van der Waals surface area contributed by atoms with E-state index in [-0.39, 0.29) is 43.6 Å². The zero-order valence-corrected chi connectivity index (χ0v) is 20.8. The van der Waals surface area contributed by atoms with Crippen molar-refractivity contribution in [2.45, 2.75) is 37.7 Å². The largest absolute Gasteiger partial charge is 0.453 e. The fraction of sp³-hybridized carbons (Fsp3) is 0.440. The van der Waals surface area contributed by atoms with E-state index in [0.29, 0.717) is 17.7 Å². The molecule has 0 spiro atoms. The monoisotopic (exact) mass is 565 g/mol. The first kappa shape index (κ1) is 30.3. The van der Waals surface area contributed by atoms with E-state index in [4.69, 9.17) is 14.9 Å². The maximum atomic E-state index is 13.6. The second-order valence-electron chi connectivity index (χ2n) is 8.77. The molecule has 0 unspecified atom stereocenters. The SMILES string of the molecule is COC(=O)NCC(=N)CN1CCO[C@H](O[C@H](C)c2cc(C(F)(F)F)cc(C(F)(F)F)c2)[C@@H]1c1ccc(F)cc1. The molecule has 0 saturated carbocycles. The number of carbonyl (C=O) groups is 1. The van der Waals surface area contributed by atoms with E-state index >= 15 is 0 Å². The zero-order valence-electron chi connectivity index (χ0n) is 20.8. The smallest absolute Gasteiger partial charge is 0.416 e. The lowest BCUT2D eigenvalue weighted by molar-refractivity contribution is -0.227. The molecule has 7 nitrogen and oxygen atoms in total. The van der Waals surface area contributed by atoms with Crippen molar-refractivity contribution in [3.63, 3.8) is 0 Å². The van der Waals surface area contributed by atoms with Gasteiger partial charge >= 0.3 is 18.4 Å². The summed E-state index contributed by atoms with van der Waals surface area (Å²) in [6.07, 6.45) is -13.3. The summed E-state index contributed by atoms with van der Waals surface area (Å²) in [5, 5.41) is 10.6. The Hall–Kier alpha value is -3.23. The number of rotatable bonds is 8. The van der Waals surface area contributed by atoms with Gasteiger partial charge < -0.3 is 24.9 Å². The van der Waals surface area contributed by atoms with Gasteiger partial charge in [0.1, 0.15) is 5.82 Å². The second-order valence-corrected chi connectivity index (χ2v) is 8.77. The van der Waals surface area contributed by atoms with E-state index in [1.807, 2.05) is 0 Å². The number of benzene rings is 2. The highest BCUT2D eigenvalue weighted by Gasteiger charge is 2.39. The third-order valence-corrected chi connectivity index (χ3v) is 5.97. The molecule has 1 saturated heterocycles. The van der Waals surface area contributed by atoms with Gasteiger partial charge in [-0.25, -0.2) is 9.18 Å². The van der Waals surface area contributed by atoms with Crippen molar-refractivity contribution in [1.82, 2.24) is 10.2 Å². The normalized spacial score (nSPS) is 19.4. The molecule has 1 aliphatic heterocycles. The molecule has 3 atom stereocenters. The topological polar surface area (TPSA) is 83.9 Å². The number of nitrogens with one attached hydrogen (secondary N) is 2. The van der Waals surface area contributed by atoms with Crippen LogP contribution in [0.2, 0.25) is 0 Å². The Morgan fingerprint density at radius 2 is 1.69 bits per heavy atom. The lowest BCUT2D eigenvalue weighted by Gasteiger charge is -2.42. The fourth-order valence-electron chi connectivity index (χ4n) is 4.05. The van der Waals surface area contributed by atoms with Gasteiger partial charge in [0.05, 0.1) is 43.5 Å². The predicted octanol–water partition coefficient (Wildman–Crippen LogP) is 5.72. The first-order valence-corrected chi connectivity index (χ1v) is 11.6. The number of carbonyl (C=O) groups excluding carboxylic acids is 1. The Morgan fingerprint density at radius 3 is 2.23 bits per heavy atom. The number of alkyl carbamates (subject to hydrolysis) is 1. The molecule has 0 aromatic heterocycles. The summed E-state index contributed by atoms with van der Waals surface area (Å²) in [6.45, 7) is 1.46. The standard InChI is InChI=1S/C25H26F7N3O4/c1-14(16-9-17(24(27,28)29)11-18(10-16)25(30,31)32)39-22-21(15-3-5-19(26)6-4-15)35(7-8-38-22)13-20(33)12-34-23(36)37-2/h3-6,9-11,14,21-22,33H,7-8,12-13H2,1-2H3,(H,34,36)/t14-,21+,22-/m1/s1. The van der Waals surface area contributed by atoms with Gasteiger partial charge in [-0.3, -0.25) is 4.90 Å². The van der Waals surface area contributed by atoms with Crippen LogP contribution in [-0.2, 0) is 26.6 Å². The van der Waals surface area contributed by atoms with Crippen LogP contribution in [0.25, 0.3) is 0 Å². The minimum absolute atomic E-state index is 0.00851. The summed E-state index contributed by atoms with van der Waals surface area (Å²) in [5.41, 5.74) is -2.78. The van der Waals surface area contributed by atoms with Crippen LogP contribution in [-0.4, -0.2) is 56.3 Å². The molecule has 1 aliphatic rings. The van der Waals surface area contributed by atoms with E-state index in [9.17, 15) is 35.5 Å². The van der Waals surface area contributed by atoms with E-state index in [1.165, 1.54) is 31.2 Å². The summed E-state index contributed by atoms with van der Waals surface area (Å²) in [7, 11) is 1.16. The molecule has 0 bridgehead atoms. The van der Waals surface area contributed by atoms with Crippen LogP contribution in [0.4, 0.5) is 35.5 Å². The average molecular weight is 565 g/mol. The van der Waals surface area contributed by atoms with Crippen LogP contribution in [0.5, 0.6) is 0 Å². The van der Waals surface area contributed by atoms with E-state index in [2.05, 4.69) is 10.1 Å². The highest BCUT2D eigenvalue weighted by molar-refractivity contribution is 5.87. The number of hydrogen-bond donors (Lipinski definition) is 2. The molecule has 214 valence electrons. The number of alkyl halides is 6. The maximum Gasteiger partial charge on any atom is 0.416 e. The summed E-state index contributed by atoms with van der Waals surface area (Å²) < 4.78 is 110. The quantitative estimate of drug-likeness (QED) is 0.316. The van der Waals surface area contributed by atoms with Gasteiger partial charge in [0, 0.05) is 18.8 Å². The summed E-state index contributed by atoms with van der Waals surface area (Å²) in [6, 6.07) is 5.61. The van der Waals surface area contributed by atoms with Crippen molar-refractivity contribution < 1.29 is 49.7 Å². The minimum atomic E-state index is -5.02. The van der Waals surface area contributed by atoms with Crippen LogP contribution in [0.3, 0.4) is 0 Å².